The van der Waals surface area contributed by atoms with E-state index in [-0.39, 0.29) is 12.0 Å². The molecule has 1 fully saturated rings. The molecule has 0 bridgehead atoms. The molecule has 0 aliphatic carbocycles. The minimum absolute atomic E-state index is 0.0278. The van der Waals surface area contributed by atoms with E-state index in [1.165, 1.54) is 0 Å². The molecular weight excluding hydrogens is 104 g/mol. The van der Waals surface area contributed by atoms with Crippen LogP contribution in [0.3, 0.4) is 0 Å². The maximum absolute atomic E-state index is 8.72. The van der Waals surface area contributed by atoms with Crippen LogP contribution in [0.15, 0.2) is 0 Å². The average molecular weight is 116 g/mol. The summed E-state index contributed by atoms with van der Waals surface area (Å²) in [5, 5.41) is 11.8. The van der Waals surface area contributed by atoms with E-state index < -0.39 is 0 Å². The minimum Gasteiger partial charge on any atom is -0.396 e. The number of aliphatic hydroxyl groups is 1. The van der Waals surface area contributed by atoms with Crippen LogP contribution in [0.1, 0.15) is 0 Å². The minimum atomic E-state index is 0.0278. The fraction of sp³-hybridized carbons (Fsp3) is 1.00. The summed E-state index contributed by atoms with van der Waals surface area (Å²) in [7, 11) is 0. The Labute approximate surface area is 48.9 Å². The Hall–Kier alpha value is -0.120. The highest BCUT2D eigenvalue weighted by molar-refractivity contribution is 4.92. The zero-order chi connectivity index (χ0) is 6.04. The predicted molar refractivity (Wildman–Crippen MR) is 31.4 cm³/mol. The second kappa shape index (κ2) is 2.01. The molecule has 1 saturated heterocycles. The Bertz CT molecular complexity index is 67.0. The number of rotatable bonds is 2. The van der Waals surface area contributed by atoms with Gasteiger partial charge in [-0.2, -0.15) is 0 Å². The first-order chi connectivity index (χ1) is 3.83. The molecule has 1 aliphatic heterocycles. The van der Waals surface area contributed by atoms with Gasteiger partial charge >= 0.3 is 0 Å². The maximum Gasteiger partial charge on any atom is 0.0524 e. The van der Waals surface area contributed by atoms with Crippen molar-refractivity contribution in [3.05, 3.63) is 0 Å². The number of nitrogens with one attached hydrogen (secondary N) is 1. The first kappa shape index (κ1) is 6.01. The summed E-state index contributed by atoms with van der Waals surface area (Å²) in [4.78, 5) is 0. The van der Waals surface area contributed by atoms with Crippen molar-refractivity contribution in [2.45, 2.75) is 0 Å². The molecule has 48 valence electrons. The van der Waals surface area contributed by atoms with Crippen LogP contribution in [0.4, 0.5) is 0 Å². The van der Waals surface area contributed by atoms with Crippen LogP contribution in [0.2, 0.25) is 0 Å². The van der Waals surface area contributed by atoms with Crippen molar-refractivity contribution in [3.8, 4) is 0 Å². The molecule has 0 radical (unpaired) electrons. The molecule has 4 N–H and O–H groups in total. The van der Waals surface area contributed by atoms with Crippen molar-refractivity contribution in [1.29, 1.82) is 0 Å². The number of aliphatic hydroxyl groups excluding tert-OH is 1. The lowest BCUT2D eigenvalue weighted by Gasteiger charge is -2.39. The zero-order valence-electron chi connectivity index (χ0n) is 4.85. The standard InChI is InChI=1S/C5H12N2O/c6-1-5(4-8)2-7-3-5/h7-8H,1-4,6H2. The normalized spacial score (nSPS) is 24.8. The molecular formula is C5H12N2O. The van der Waals surface area contributed by atoms with Crippen LogP contribution < -0.4 is 11.1 Å². The zero-order valence-corrected chi connectivity index (χ0v) is 4.85. The number of hydrogen-bond acceptors (Lipinski definition) is 3. The van der Waals surface area contributed by atoms with Crippen LogP contribution in [-0.2, 0) is 0 Å². The maximum atomic E-state index is 8.72. The van der Waals surface area contributed by atoms with Gasteiger partial charge in [0, 0.05) is 25.0 Å². The summed E-state index contributed by atoms with van der Waals surface area (Å²) in [6.07, 6.45) is 0. The fourth-order valence-corrected chi connectivity index (χ4v) is 0.799. The molecule has 0 aromatic carbocycles. The monoisotopic (exact) mass is 116 g/mol. The van der Waals surface area contributed by atoms with Crippen LogP contribution >= 0.6 is 0 Å². The topological polar surface area (TPSA) is 58.3 Å². The summed E-state index contributed by atoms with van der Waals surface area (Å²) in [6, 6.07) is 0. The van der Waals surface area contributed by atoms with E-state index in [0.29, 0.717) is 6.54 Å². The molecule has 1 aliphatic rings. The van der Waals surface area contributed by atoms with Gasteiger partial charge in [0.05, 0.1) is 6.61 Å². The van der Waals surface area contributed by atoms with Crippen molar-refractivity contribution < 1.29 is 5.11 Å². The van der Waals surface area contributed by atoms with E-state index in [1.807, 2.05) is 0 Å². The highest BCUT2D eigenvalue weighted by Crippen LogP contribution is 2.18. The Morgan fingerprint density at radius 2 is 2.25 bits per heavy atom. The number of nitrogens with two attached hydrogens (primary N) is 1. The molecule has 3 heteroatoms. The third-order valence-electron chi connectivity index (χ3n) is 1.77. The van der Waals surface area contributed by atoms with E-state index in [4.69, 9.17) is 10.8 Å². The van der Waals surface area contributed by atoms with Gasteiger partial charge in [-0.1, -0.05) is 0 Å². The summed E-state index contributed by atoms with van der Waals surface area (Å²) >= 11 is 0. The predicted octanol–water partition coefficient (Wildman–Crippen LogP) is -1.47. The number of hydrogen-bond donors (Lipinski definition) is 3. The lowest BCUT2D eigenvalue weighted by Crippen LogP contribution is -2.59. The van der Waals surface area contributed by atoms with Gasteiger partial charge in [-0.15, -0.1) is 0 Å². The largest absolute Gasteiger partial charge is 0.396 e. The van der Waals surface area contributed by atoms with Gasteiger partial charge in [0.2, 0.25) is 0 Å². The highest BCUT2D eigenvalue weighted by Gasteiger charge is 2.34. The van der Waals surface area contributed by atoms with Crippen LogP contribution in [0.5, 0.6) is 0 Å². The molecule has 0 spiro atoms. The molecule has 0 amide bonds. The van der Waals surface area contributed by atoms with Gasteiger partial charge in [0.1, 0.15) is 0 Å². The van der Waals surface area contributed by atoms with Crippen molar-refractivity contribution in [1.82, 2.24) is 5.32 Å². The second-order valence-corrected chi connectivity index (χ2v) is 2.47. The fourth-order valence-electron chi connectivity index (χ4n) is 0.799. The van der Waals surface area contributed by atoms with Crippen LogP contribution in [-0.4, -0.2) is 31.3 Å². The molecule has 0 atom stereocenters. The lowest BCUT2D eigenvalue weighted by atomic mass is 9.83. The van der Waals surface area contributed by atoms with Gasteiger partial charge in [0.25, 0.3) is 0 Å². The molecule has 3 nitrogen and oxygen atoms in total. The lowest BCUT2D eigenvalue weighted by molar-refractivity contribution is 0.0769. The molecule has 0 aromatic heterocycles. The smallest absolute Gasteiger partial charge is 0.0524 e. The van der Waals surface area contributed by atoms with Crippen LogP contribution in [0.25, 0.3) is 0 Å². The summed E-state index contributed by atoms with van der Waals surface area (Å²) in [5.41, 5.74) is 5.41. The van der Waals surface area contributed by atoms with E-state index in [2.05, 4.69) is 5.32 Å². The average Bonchev–Trinajstić information content (AvgIpc) is 1.67. The Morgan fingerprint density at radius 1 is 1.62 bits per heavy atom. The van der Waals surface area contributed by atoms with E-state index in [1.54, 1.807) is 0 Å². The van der Waals surface area contributed by atoms with Gasteiger partial charge in [-0.25, -0.2) is 0 Å². The molecule has 0 saturated carbocycles. The summed E-state index contributed by atoms with van der Waals surface area (Å²) < 4.78 is 0. The Balaban J connectivity index is 2.33. The molecule has 1 heterocycles. The van der Waals surface area contributed by atoms with Gasteiger partial charge in [0.15, 0.2) is 0 Å². The van der Waals surface area contributed by atoms with Crippen LogP contribution in [0, 0.1) is 5.41 Å². The third-order valence-corrected chi connectivity index (χ3v) is 1.77. The Morgan fingerprint density at radius 3 is 2.25 bits per heavy atom. The first-order valence-corrected chi connectivity index (χ1v) is 2.85. The molecule has 0 aromatic rings. The second-order valence-electron chi connectivity index (χ2n) is 2.47. The first-order valence-electron chi connectivity index (χ1n) is 2.85. The van der Waals surface area contributed by atoms with Crippen molar-refractivity contribution in [2.75, 3.05) is 26.2 Å². The van der Waals surface area contributed by atoms with Gasteiger partial charge in [-0.05, 0) is 0 Å². The van der Waals surface area contributed by atoms with E-state index >= 15 is 0 Å². The van der Waals surface area contributed by atoms with Gasteiger partial charge in [-0.3, -0.25) is 0 Å². The van der Waals surface area contributed by atoms with Crippen molar-refractivity contribution in [2.24, 2.45) is 11.1 Å². The Kier molecular flexibility index (Phi) is 1.51. The van der Waals surface area contributed by atoms with E-state index in [9.17, 15) is 0 Å². The van der Waals surface area contributed by atoms with Crippen molar-refractivity contribution >= 4 is 0 Å². The van der Waals surface area contributed by atoms with Crippen molar-refractivity contribution in [3.63, 3.8) is 0 Å². The van der Waals surface area contributed by atoms with Gasteiger partial charge < -0.3 is 16.2 Å². The molecule has 8 heavy (non-hydrogen) atoms. The summed E-state index contributed by atoms with van der Waals surface area (Å²) in [5.74, 6) is 0. The van der Waals surface area contributed by atoms with E-state index in [0.717, 1.165) is 13.1 Å². The highest BCUT2D eigenvalue weighted by atomic mass is 16.3. The SMILES string of the molecule is NCC1(CO)CNC1. The molecule has 1 rings (SSSR count). The molecule has 0 unspecified atom stereocenters. The summed E-state index contributed by atoms with van der Waals surface area (Å²) in [6.45, 7) is 2.56. The quantitative estimate of drug-likeness (QED) is 0.412. The third kappa shape index (κ3) is 0.727.